The Morgan fingerprint density at radius 2 is 2.03 bits per heavy atom. The molecule has 2 atom stereocenters. The summed E-state index contributed by atoms with van der Waals surface area (Å²) in [5.74, 6) is -2.10. The number of amides is 1. The van der Waals surface area contributed by atoms with E-state index in [1.807, 2.05) is 20.8 Å². The lowest BCUT2D eigenvalue weighted by atomic mass is 9.96. The first-order valence-electron chi connectivity index (χ1n) is 11.2. The number of carbonyl (C=O) groups excluding carboxylic acids is 1. The van der Waals surface area contributed by atoms with Gasteiger partial charge in [-0.15, -0.1) is 0 Å². The smallest absolute Gasteiger partial charge is 0.410 e. The number of nitrogens with one attached hydrogen (secondary N) is 1. The van der Waals surface area contributed by atoms with Crippen LogP contribution in [-0.4, -0.2) is 60.9 Å². The minimum absolute atomic E-state index is 0.142. The van der Waals surface area contributed by atoms with Crippen LogP contribution in [0.15, 0.2) is 29.4 Å². The van der Waals surface area contributed by atoms with Gasteiger partial charge in [0, 0.05) is 24.8 Å². The van der Waals surface area contributed by atoms with Crippen molar-refractivity contribution in [3.63, 3.8) is 0 Å². The molecule has 2 heterocycles. The highest BCUT2D eigenvalue weighted by Crippen LogP contribution is 2.58. The van der Waals surface area contributed by atoms with Crippen molar-refractivity contribution in [3.8, 4) is 5.88 Å². The fraction of sp³-hybridized carbons (Fsp3) is 0.522. The van der Waals surface area contributed by atoms with Crippen LogP contribution in [0.2, 0.25) is 0 Å². The van der Waals surface area contributed by atoms with Crippen LogP contribution in [0.25, 0.3) is 0 Å². The Kier molecular flexibility index (Phi) is 6.37. The molecular weight excluding hydrogens is 482 g/mol. The molecule has 1 saturated heterocycles. The number of piperidine rings is 1. The molecule has 0 bridgehead atoms. The van der Waals surface area contributed by atoms with E-state index in [9.17, 15) is 22.0 Å². The molecule has 4 rings (SSSR count). The molecule has 1 N–H and O–H groups in total. The summed E-state index contributed by atoms with van der Waals surface area (Å²) < 4.78 is 63.6. The molecular formula is C23H28F2N4O5S. The second-order valence-corrected chi connectivity index (χ2v) is 12.1. The number of ether oxygens (including phenoxy) is 2. The van der Waals surface area contributed by atoms with Crippen molar-refractivity contribution < 1.29 is 31.5 Å². The van der Waals surface area contributed by atoms with Gasteiger partial charge in [0.25, 0.3) is 5.88 Å². The standard InChI is InChI=1S/C23H28F2N4O5S/c1-22(2,3)34-21(30)29-8-7-23(10-14(23)11-29)12-33-20-18(25)19(26-13-27-20)28-17-6-5-15(9-16(17)24)35(4,31)32/h5-6,9,13-14H,7-8,10-12H2,1-4H3,(H,26,27,28). The number of halogens is 2. The molecule has 12 heteroatoms. The molecule has 1 amide bonds. The van der Waals surface area contributed by atoms with Crippen molar-refractivity contribution in [1.29, 1.82) is 0 Å². The van der Waals surface area contributed by atoms with Crippen molar-refractivity contribution in [3.05, 3.63) is 36.2 Å². The quantitative estimate of drug-likeness (QED) is 0.623. The van der Waals surface area contributed by atoms with Crippen LogP contribution in [0, 0.1) is 23.0 Å². The van der Waals surface area contributed by atoms with Crippen molar-refractivity contribution >= 4 is 27.4 Å². The largest absolute Gasteiger partial charge is 0.475 e. The Bertz CT molecular complexity index is 1250. The summed E-state index contributed by atoms with van der Waals surface area (Å²) in [6.07, 6.45) is 3.27. The van der Waals surface area contributed by atoms with E-state index < -0.39 is 27.1 Å². The first-order chi connectivity index (χ1) is 16.3. The molecule has 9 nitrogen and oxygen atoms in total. The van der Waals surface area contributed by atoms with Gasteiger partial charge in [0.1, 0.15) is 17.7 Å². The highest BCUT2D eigenvalue weighted by molar-refractivity contribution is 7.90. The van der Waals surface area contributed by atoms with Gasteiger partial charge in [-0.3, -0.25) is 0 Å². The Labute approximate surface area is 202 Å². The molecule has 2 aliphatic rings. The van der Waals surface area contributed by atoms with Crippen LogP contribution in [0.4, 0.5) is 25.1 Å². The summed E-state index contributed by atoms with van der Waals surface area (Å²) >= 11 is 0. The van der Waals surface area contributed by atoms with E-state index in [4.69, 9.17) is 9.47 Å². The lowest BCUT2D eigenvalue weighted by Crippen LogP contribution is -2.43. The number of fused-ring (bicyclic) bond motifs is 1. The Morgan fingerprint density at radius 1 is 1.29 bits per heavy atom. The topological polar surface area (TPSA) is 111 Å². The number of nitrogens with zero attached hydrogens (tertiary/aromatic N) is 3. The monoisotopic (exact) mass is 510 g/mol. The Balaban J connectivity index is 1.38. The third-order valence-corrected chi connectivity index (χ3v) is 7.32. The van der Waals surface area contributed by atoms with Gasteiger partial charge in [0.2, 0.25) is 5.82 Å². The van der Waals surface area contributed by atoms with E-state index >= 15 is 0 Å². The van der Waals surface area contributed by atoms with E-state index in [0.29, 0.717) is 19.5 Å². The number of rotatable bonds is 6. The van der Waals surface area contributed by atoms with Crippen LogP contribution >= 0.6 is 0 Å². The molecule has 1 aromatic heterocycles. The molecule has 1 aromatic carbocycles. The van der Waals surface area contributed by atoms with E-state index in [1.54, 1.807) is 4.90 Å². The number of anilines is 2. The Morgan fingerprint density at radius 3 is 2.66 bits per heavy atom. The van der Waals surface area contributed by atoms with Gasteiger partial charge >= 0.3 is 6.09 Å². The highest BCUT2D eigenvalue weighted by atomic mass is 32.2. The van der Waals surface area contributed by atoms with Gasteiger partial charge in [0.15, 0.2) is 15.7 Å². The van der Waals surface area contributed by atoms with Gasteiger partial charge in [-0.05, 0) is 57.7 Å². The first kappa shape index (κ1) is 25.1. The molecule has 35 heavy (non-hydrogen) atoms. The molecule has 2 fully saturated rings. The third-order valence-electron chi connectivity index (χ3n) is 6.21. The lowest BCUT2D eigenvalue weighted by Gasteiger charge is -2.33. The molecule has 2 unspecified atom stereocenters. The molecule has 1 aliphatic carbocycles. The SMILES string of the molecule is CC(C)(C)OC(=O)N1CCC2(COc3ncnc(Nc4ccc(S(C)(=O)=O)cc4F)c3F)CC2C1. The number of benzene rings is 1. The Hall–Kier alpha value is -3.02. The van der Waals surface area contributed by atoms with Crippen LogP contribution in [0.3, 0.4) is 0 Å². The maximum absolute atomic E-state index is 15.0. The van der Waals surface area contributed by atoms with Crippen molar-refractivity contribution in [2.24, 2.45) is 11.3 Å². The van der Waals surface area contributed by atoms with Crippen LogP contribution < -0.4 is 10.1 Å². The summed E-state index contributed by atoms with van der Waals surface area (Å²) in [5, 5.41) is 2.52. The number of hydrogen-bond acceptors (Lipinski definition) is 8. The van der Waals surface area contributed by atoms with E-state index in [1.165, 1.54) is 12.1 Å². The number of aromatic nitrogens is 2. The maximum atomic E-state index is 15.0. The molecule has 2 aromatic rings. The number of hydrogen-bond donors (Lipinski definition) is 1. The van der Waals surface area contributed by atoms with Crippen molar-refractivity contribution in [1.82, 2.24) is 14.9 Å². The number of sulfone groups is 1. The zero-order valence-electron chi connectivity index (χ0n) is 20.0. The average Bonchev–Trinajstić information content (AvgIpc) is 3.47. The molecule has 0 radical (unpaired) electrons. The minimum Gasteiger partial charge on any atom is -0.475 e. The molecule has 0 spiro atoms. The van der Waals surface area contributed by atoms with Gasteiger partial charge in [0.05, 0.1) is 17.2 Å². The van der Waals surface area contributed by atoms with Crippen molar-refractivity contribution in [2.45, 2.75) is 44.1 Å². The summed E-state index contributed by atoms with van der Waals surface area (Å²) in [6, 6.07) is 3.26. The average molecular weight is 511 g/mol. The zero-order chi connectivity index (χ0) is 25.6. The predicted molar refractivity (Wildman–Crippen MR) is 123 cm³/mol. The maximum Gasteiger partial charge on any atom is 0.410 e. The minimum atomic E-state index is -3.58. The van der Waals surface area contributed by atoms with Crippen LogP contribution in [0.5, 0.6) is 5.88 Å². The van der Waals surface area contributed by atoms with Gasteiger partial charge < -0.3 is 19.7 Å². The zero-order valence-corrected chi connectivity index (χ0v) is 20.8. The summed E-state index contributed by atoms with van der Waals surface area (Å²) in [5.41, 5.74) is -0.860. The first-order valence-corrected chi connectivity index (χ1v) is 13.0. The van der Waals surface area contributed by atoms with Crippen LogP contribution in [0.1, 0.15) is 33.6 Å². The second kappa shape index (κ2) is 8.89. The summed E-state index contributed by atoms with van der Waals surface area (Å²) in [7, 11) is -3.58. The van der Waals surface area contributed by atoms with E-state index in [0.717, 1.165) is 25.1 Å². The molecule has 190 valence electrons. The van der Waals surface area contributed by atoms with Crippen molar-refractivity contribution in [2.75, 3.05) is 31.3 Å². The normalized spacial score (nSPS) is 21.8. The number of likely N-dealkylation sites (tertiary alicyclic amines) is 1. The van der Waals surface area contributed by atoms with Gasteiger partial charge in [-0.1, -0.05) is 0 Å². The fourth-order valence-electron chi connectivity index (χ4n) is 4.16. The third kappa shape index (κ3) is 5.63. The summed E-state index contributed by atoms with van der Waals surface area (Å²) in [6.45, 7) is 6.77. The van der Waals surface area contributed by atoms with Crippen LogP contribution in [-0.2, 0) is 14.6 Å². The lowest BCUT2D eigenvalue weighted by molar-refractivity contribution is 0.0154. The van der Waals surface area contributed by atoms with Gasteiger partial charge in [-0.25, -0.2) is 22.6 Å². The van der Waals surface area contributed by atoms with E-state index in [2.05, 4.69) is 15.3 Å². The summed E-state index contributed by atoms with van der Waals surface area (Å²) in [4.78, 5) is 21.5. The fourth-order valence-corrected chi connectivity index (χ4v) is 4.79. The number of carbonyl (C=O) groups is 1. The molecule has 1 aliphatic heterocycles. The molecule has 1 saturated carbocycles. The van der Waals surface area contributed by atoms with Gasteiger partial charge in [-0.2, -0.15) is 9.37 Å². The second-order valence-electron chi connectivity index (χ2n) is 10.1. The van der Waals surface area contributed by atoms with E-state index in [-0.39, 0.29) is 46.3 Å². The highest BCUT2D eigenvalue weighted by Gasteiger charge is 2.58. The predicted octanol–water partition coefficient (Wildman–Crippen LogP) is 3.93.